The molecule has 1 aromatic rings. The highest BCUT2D eigenvalue weighted by Crippen LogP contribution is 2.21. The molecule has 1 aliphatic rings. The van der Waals surface area contributed by atoms with Gasteiger partial charge in [0.1, 0.15) is 5.75 Å². The molecule has 1 aliphatic heterocycles. The second-order valence-electron chi connectivity index (χ2n) is 5.81. The molecule has 1 amide bonds. The Bertz CT molecular complexity index is 444. The largest absolute Gasteiger partial charge is 0.497 e. The van der Waals surface area contributed by atoms with Crippen LogP contribution in [0.25, 0.3) is 0 Å². The van der Waals surface area contributed by atoms with Crippen molar-refractivity contribution in [1.29, 1.82) is 0 Å². The Morgan fingerprint density at radius 3 is 2.73 bits per heavy atom. The number of hydrogen-bond acceptors (Lipinski definition) is 3. The molecule has 5 heteroatoms. The summed E-state index contributed by atoms with van der Waals surface area (Å²) in [6, 6.07) is 8.53. The maximum atomic E-state index is 11.8. The second kappa shape index (κ2) is 9.70. The molecule has 0 saturated carbocycles. The van der Waals surface area contributed by atoms with Crippen LogP contribution in [0.3, 0.4) is 0 Å². The molecule has 1 aromatic carbocycles. The summed E-state index contributed by atoms with van der Waals surface area (Å²) in [7, 11) is 1.67. The minimum absolute atomic E-state index is 0. The van der Waals surface area contributed by atoms with Gasteiger partial charge in [-0.3, -0.25) is 4.79 Å². The van der Waals surface area contributed by atoms with Crippen molar-refractivity contribution in [3.8, 4) is 5.75 Å². The lowest BCUT2D eigenvalue weighted by atomic mass is 9.98. The van der Waals surface area contributed by atoms with Crippen LogP contribution < -0.4 is 15.4 Å². The van der Waals surface area contributed by atoms with Crippen LogP contribution in [0.15, 0.2) is 24.3 Å². The minimum Gasteiger partial charge on any atom is -0.497 e. The highest BCUT2D eigenvalue weighted by atomic mass is 35.5. The van der Waals surface area contributed by atoms with Crippen LogP contribution in [0.1, 0.15) is 44.1 Å². The molecule has 1 fully saturated rings. The zero-order valence-electron chi connectivity index (χ0n) is 13.4. The molecule has 4 nitrogen and oxygen atoms in total. The van der Waals surface area contributed by atoms with E-state index in [1.807, 2.05) is 12.1 Å². The van der Waals surface area contributed by atoms with E-state index < -0.39 is 0 Å². The third kappa shape index (κ3) is 5.85. The number of nitrogens with one attached hydrogen (secondary N) is 2. The van der Waals surface area contributed by atoms with Crippen molar-refractivity contribution < 1.29 is 9.53 Å². The van der Waals surface area contributed by atoms with Gasteiger partial charge in [-0.25, -0.2) is 0 Å². The fraction of sp³-hybridized carbons (Fsp3) is 0.588. The third-order valence-corrected chi connectivity index (χ3v) is 4.18. The summed E-state index contributed by atoms with van der Waals surface area (Å²) < 4.78 is 5.16. The number of halogens is 1. The topological polar surface area (TPSA) is 50.4 Å². The summed E-state index contributed by atoms with van der Waals surface area (Å²) in [5.41, 5.74) is 1.28. The molecule has 124 valence electrons. The van der Waals surface area contributed by atoms with Crippen molar-refractivity contribution in [2.24, 2.45) is 0 Å². The Morgan fingerprint density at radius 1 is 1.41 bits per heavy atom. The van der Waals surface area contributed by atoms with Crippen molar-refractivity contribution in [2.75, 3.05) is 20.2 Å². The van der Waals surface area contributed by atoms with E-state index in [-0.39, 0.29) is 18.3 Å². The number of methoxy groups -OCH3 is 1. The summed E-state index contributed by atoms with van der Waals surface area (Å²) >= 11 is 0. The van der Waals surface area contributed by atoms with Crippen LogP contribution in [0.2, 0.25) is 0 Å². The number of carbonyl (C=O) groups is 1. The first-order chi connectivity index (χ1) is 10.2. The first kappa shape index (κ1) is 18.8. The van der Waals surface area contributed by atoms with Crippen molar-refractivity contribution in [2.45, 2.75) is 44.6 Å². The molecule has 2 unspecified atom stereocenters. The minimum atomic E-state index is 0. The van der Waals surface area contributed by atoms with Crippen molar-refractivity contribution in [1.82, 2.24) is 10.6 Å². The first-order valence-corrected chi connectivity index (χ1v) is 7.83. The van der Waals surface area contributed by atoms with E-state index in [1.165, 1.54) is 12.0 Å². The maximum absolute atomic E-state index is 11.8. The van der Waals surface area contributed by atoms with Crippen molar-refractivity contribution in [3.63, 3.8) is 0 Å². The van der Waals surface area contributed by atoms with Crippen LogP contribution >= 0.6 is 12.4 Å². The van der Waals surface area contributed by atoms with Crippen LogP contribution in [-0.4, -0.2) is 32.1 Å². The molecule has 0 spiro atoms. The van der Waals surface area contributed by atoms with Crippen molar-refractivity contribution >= 4 is 18.3 Å². The third-order valence-electron chi connectivity index (χ3n) is 4.18. The Balaban J connectivity index is 0.00000242. The lowest BCUT2D eigenvalue weighted by Gasteiger charge is -2.14. The Hall–Kier alpha value is -1.26. The van der Waals surface area contributed by atoms with E-state index in [1.54, 1.807) is 7.11 Å². The summed E-state index contributed by atoms with van der Waals surface area (Å²) in [5, 5.41) is 6.38. The average molecular weight is 327 g/mol. The average Bonchev–Trinajstić information content (AvgIpc) is 3.00. The maximum Gasteiger partial charge on any atom is 0.221 e. The van der Waals surface area contributed by atoms with Crippen LogP contribution in [0.4, 0.5) is 0 Å². The molecule has 1 heterocycles. The Kier molecular flexibility index (Phi) is 8.28. The fourth-order valence-corrected chi connectivity index (χ4v) is 2.75. The highest BCUT2D eigenvalue weighted by molar-refractivity contribution is 5.85. The van der Waals surface area contributed by atoms with Gasteiger partial charge in [-0.05, 0) is 49.4 Å². The number of carbonyl (C=O) groups excluding carboxylic acids is 1. The highest BCUT2D eigenvalue weighted by Gasteiger charge is 2.17. The quantitative estimate of drug-likeness (QED) is 0.810. The lowest BCUT2D eigenvalue weighted by Crippen LogP contribution is -2.32. The number of amides is 1. The number of hydrogen-bond donors (Lipinski definition) is 2. The Labute approximate surface area is 139 Å². The van der Waals surface area contributed by atoms with Crippen LogP contribution in [0.5, 0.6) is 5.75 Å². The van der Waals surface area contributed by atoms with Gasteiger partial charge in [0.2, 0.25) is 5.91 Å². The van der Waals surface area contributed by atoms with E-state index in [4.69, 9.17) is 4.74 Å². The molecule has 1 saturated heterocycles. The van der Waals surface area contributed by atoms with Gasteiger partial charge >= 0.3 is 0 Å². The number of rotatable bonds is 7. The molecule has 0 radical (unpaired) electrons. The molecule has 0 bridgehead atoms. The number of benzene rings is 1. The summed E-state index contributed by atoms with van der Waals surface area (Å²) in [6.07, 6.45) is 3.87. The molecule has 2 rings (SSSR count). The van der Waals surface area contributed by atoms with Crippen LogP contribution in [-0.2, 0) is 4.79 Å². The van der Waals surface area contributed by atoms with Gasteiger partial charge in [-0.15, -0.1) is 12.4 Å². The van der Waals surface area contributed by atoms with Gasteiger partial charge < -0.3 is 15.4 Å². The van der Waals surface area contributed by atoms with Gasteiger partial charge in [-0.2, -0.15) is 0 Å². The smallest absolute Gasteiger partial charge is 0.221 e. The van der Waals surface area contributed by atoms with Crippen LogP contribution in [0, 0.1) is 0 Å². The summed E-state index contributed by atoms with van der Waals surface area (Å²) in [5.74, 6) is 1.47. The van der Waals surface area contributed by atoms with E-state index in [2.05, 4.69) is 29.7 Å². The van der Waals surface area contributed by atoms with Gasteiger partial charge in [0.05, 0.1) is 7.11 Å². The predicted octanol–water partition coefficient (Wildman–Crippen LogP) is 2.87. The lowest BCUT2D eigenvalue weighted by molar-refractivity contribution is -0.121. The van der Waals surface area contributed by atoms with Gasteiger partial charge in [0.25, 0.3) is 0 Å². The molecular formula is C17H27ClN2O2. The van der Waals surface area contributed by atoms with E-state index in [9.17, 15) is 4.79 Å². The molecule has 0 aliphatic carbocycles. The van der Waals surface area contributed by atoms with E-state index in [0.29, 0.717) is 18.4 Å². The molecule has 2 atom stereocenters. The van der Waals surface area contributed by atoms with Crippen molar-refractivity contribution in [3.05, 3.63) is 29.8 Å². The summed E-state index contributed by atoms with van der Waals surface area (Å²) in [6.45, 7) is 3.97. The van der Waals surface area contributed by atoms with E-state index >= 15 is 0 Å². The number of ether oxygens (including phenoxy) is 1. The molecule has 22 heavy (non-hydrogen) atoms. The Morgan fingerprint density at radius 2 is 2.14 bits per heavy atom. The fourth-order valence-electron chi connectivity index (χ4n) is 2.75. The zero-order valence-corrected chi connectivity index (χ0v) is 14.2. The molecular weight excluding hydrogens is 300 g/mol. The molecule has 2 N–H and O–H groups in total. The SMILES string of the molecule is COc1ccc(C(C)CCNC(=O)CC2CCCN2)cc1.Cl. The van der Waals surface area contributed by atoms with Gasteiger partial charge in [-0.1, -0.05) is 19.1 Å². The monoisotopic (exact) mass is 326 g/mol. The zero-order chi connectivity index (χ0) is 15.1. The second-order valence-corrected chi connectivity index (χ2v) is 5.81. The molecule has 0 aromatic heterocycles. The normalized spacial score (nSPS) is 18.4. The standard InChI is InChI=1S/C17H26N2O2.ClH/c1-13(14-5-7-16(21-2)8-6-14)9-11-19-17(20)12-15-4-3-10-18-15;/h5-8,13,15,18H,3-4,9-12H2,1-2H3,(H,19,20);1H. The summed E-state index contributed by atoms with van der Waals surface area (Å²) in [4.78, 5) is 11.8. The van der Waals surface area contributed by atoms with Gasteiger partial charge in [0, 0.05) is 19.0 Å². The van der Waals surface area contributed by atoms with Gasteiger partial charge in [0.15, 0.2) is 0 Å². The predicted molar refractivity (Wildman–Crippen MR) is 91.9 cm³/mol. The van der Waals surface area contributed by atoms with E-state index in [0.717, 1.165) is 31.7 Å². The first-order valence-electron chi connectivity index (χ1n) is 7.83.